The topological polar surface area (TPSA) is 64.5 Å². The molecule has 5 rings (SSSR count). The molecule has 6 nitrogen and oxygen atoms in total. The monoisotopic (exact) mass is 339 g/mol. The van der Waals surface area contributed by atoms with Gasteiger partial charge in [0.25, 0.3) is 0 Å². The molecule has 0 amide bonds. The largest absolute Gasteiger partial charge is 0.453 e. The minimum absolute atomic E-state index is 0.216. The highest BCUT2D eigenvalue weighted by Gasteiger charge is 2.36. The summed E-state index contributed by atoms with van der Waals surface area (Å²) >= 11 is 0. The van der Waals surface area contributed by atoms with Gasteiger partial charge in [-0.1, -0.05) is 23.4 Å². The second kappa shape index (κ2) is 6.28. The minimum Gasteiger partial charge on any atom is -0.453 e. The molecule has 0 saturated carbocycles. The third kappa shape index (κ3) is 2.75. The number of ether oxygens (including phenoxy) is 1. The van der Waals surface area contributed by atoms with Crippen LogP contribution in [0.4, 0.5) is 0 Å². The Morgan fingerprint density at radius 2 is 1.96 bits per heavy atom. The van der Waals surface area contributed by atoms with Crippen LogP contribution in [-0.4, -0.2) is 40.8 Å². The van der Waals surface area contributed by atoms with Crippen molar-refractivity contribution in [3.8, 4) is 11.6 Å². The van der Waals surface area contributed by atoms with Gasteiger partial charge in [-0.15, -0.1) is 0 Å². The highest BCUT2D eigenvalue weighted by atomic mass is 16.5. The molecule has 2 fully saturated rings. The van der Waals surface area contributed by atoms with Crippen LogP contribution >= 0.6 is 0 Å². The number of fused-ring (bicyclic) bond motifs is 1. The molecule has 1 aromatic carbocycles. The highest BCUT2D eigenvalue weighted by Crippen LogP contribution is 2.36. The third-order valence-corrected chi connectivity index (χ3v) is 5.33. The number of nitrogens with zero attached hydrogens (tertiary/aromatic N) is 3. The van der Waals surface area contributed by atoms with Crippen molar-refractivity contribution >= 4 is 11.0 Å². The number of hydrogen-bond donors (Lipinski definition) is 0. The molecule has 0 aliphatic carbocycles. The summed E-state index contributed by atoms with van der Waals surface area (Å²) in [7, 11) is 0. The molecule has 2 aliphatic rings. The molecular formula is C19H21N3O3. The van der Waals surface area contributed by atoms with Crippen LogP contribution in [0, 0.1) is 0 Å². The van der Waals surface area contributed by atoms with Crippen molar-refractivity contribution in [2.75, 3.05) is 19.8 Å². The van der Waals surface area contributed by atoms with E-state index in [4.69, 9.17) is 13.7 Å². The lowest BCUT2D eigenvalue weighted by molar-refractivity contribution is 0.0243. The van der Waals surface area contributed by atoms with Crippen molar-refractivity contribution in [3.63, 3.8) is 0 Å². The lowest BCUT2D eigenvalue weighted by Gasteiger charge is -2.33. The molecule has 6 heteroatoms. The fourth-order valence-electron chi connectivity index (χ4n) is 4.07. The maximum Gasteiger partial charge on any atom is 0.244 e. The second-order valence-corrected chi connectivity index (χ2v) is 6.84. The Hall–Kier alpha value is -2.18. The summed E-state index contributed by atoms with van der Waals surface area (Å²) in [6.07, 6.45) is 4.41. The van der Waals surface area contributed by atoms with E-state index in [0.29, 0.717) is 23.5 Å². The van der Waals surface area contributed by atoms with Crippen LogP contribution in [0.2, 0.25) is 0 Å². The molecule has 0 N–H and O–H groups in total. The van der Waals surface area contributed by atoms with Crippen LogP contribution in [0.1, 0.15) is 37.6 Å². The average Bonchev–Trinajstić information content (AvgIpc) is 3.39. The van der Waals surface area contributed by atoms with Gasteiger partial charge >= 0.3 is 0 Å². The molecule has 1 atom stereocenters. The molecular weight excluding hydrogens is 318 g/mol. The van der Waals surface area contributed by atoms with Crippen molar-refractivity contribution < 1.29 is 13.7 Å². The third-order valence-electron chi connectivity index (χ3n) is 5.33. The van der Waals surface area contributed by atoms with E-state index in [-0.39, 0.29) is 6.04 Å². The quantitative estimate of drug-likeness (QED) is 0.723. The van der Waals surface area contributed by atoms with Crippen molar-refractivity contribution in [3.05, 3.63) is 36.2 Å². The van der Waals surface area contributed by atoms with Crippen LogP contribution in [0.5, 0.6) is 0 Å². The summed E-state index contributed by atoms with van der Waals surface area (Å²) in [6, 6.07) is 10.7. The Morgan fingerprint density at radius 1 is 1.08 bits per heavy atom. The summed E-state index contributed by atoms with van der Waals surface area (Å²) in [5, 5.41) is 5.22. The Balaban J connectivity index is 1.41. The van der Waals surface area contributed by atoms with Crippen molar-refractivity contribution in [2.45, 2.75) is 37.8 Å². The zero-order valence-electron chi connectivity index (χ0n) is 14.1. The lowest BCUT2D eigenvalue weighted by Crippen LogP contribution is -2.39. The van der Waals surface area contributed by atoms with Gasteiger partial charge < -0.3 is 13.7 Å². The van der Waals surface area contributed by atoms with Gasteiger partial charge in [0, 0.05) is 24.6 Å². The maximum absolute atomic E-state index is 5.86. The summed E-state index contributed by atoms with van der Waals surface area (Å²) in [5.41, 5.74) is 0.841. The van der Waals surface area contributed by atoms with E-state index in [9.17, 15) is 0 Å². The van der Waals surface area contributed by atoms with Crippen molar-refractivity contribution in [1.29, 1.82) is 0 Å². The average molecular weight is 339 g/mol. The number of rotatable bonds is 3. The summed E-state index contributed by atoms with van der Waals surface area (Å²) in [4.78, 5) is 7.18. The summed E-state index contributed by atoms with van der Waals surface area (Å²) in [5.74, 6) is 1.90. The van der Waals surface area contributed by atoms with E-state index < -0.39 is 0 Å². The Bertz CT molecular complexity index is 833. The predicted octanol–water partition coefficient (Wildman–Crippen LogP) is 3.80. The van der Waals surface area contributed by atoms with E-state index in [1.165, 1.54) is 6.42 Å². The van der Waals surface area contributed by atoms with E-state index in [1.807, 2.05) is 30.3 Å². The summed E-state index contributed by atoms with van der Waals surface area (Å²) in [6.45, 7) is 2.79. The first kappa shape index (κ1) is 15.1. The first-order valence-electron chi connectivity index (χ1n) is 9.04. The molecule has 3 aromatic rings. The molecule has 2 aromatic heterocycles. The van der Waals surface area contributed by atoms with Crippen LogP contribution in [0.3, 0.4) is 0 Å². The van der Waals surface area contributed by atoms with E-state index >= 15 is 0 Å². The Labute approximate surface area is 145 Å². The van der Waals surface area contributed by atoms with E-state index in [2.05, 4.69) is 15.0 Å². The Morgan fingerprint density at radius 3 is 2.84 bits per heavy atom. The van der Waals surface area contributed by atoms with Crippen LogP contribution in [0.25, 0.3) is 22.6 Å². The number of aromatic nitrogens is 2. The first-order valence-corrected chi connectivity index (χ1v) is 9.04. The van der Waals surface area contributed by atoms with Crippen molar-refractivity contribution in [2.24, 2.45) is 0 Å². The van der Waals surface area contributed by atoms with Gasteiger partial charge in [0.05, 0.1) is 6.04 Å². The standard InChI is InChI=1S/C19H21N3O3/c1-2-6-16-13(4-1)12-17(24-16)18-20-19(25-21-18)15-5-3-9-22(15)14-7-10-23-11-8-14/h1-2,4,6,12,14-15H,3,5,7-11H2/t15-/m0/s1. The van der Waals surface area contributed by atoms with Gasteiger partial charge in [-0.2, -0.15) is 4.98 Å². The molecule has 130 valence electrons. The summed E-state index contributed by atoms with van der Waals surface area (Å²) < 4.78 is 17.0. The predicted molar refractivity (Wildman–Crippen MR) is 92.0 cm³/mol. The molecule has 2 aliphatic heterocycles. The van der Waals surface area contributed by atoms with Crippen LogP contribution in [0.15, 0.2) is 39.3 Å². The molecule has 0 unspecified atom stereocenters. The fourth-order valence-corrected chi connectivity index (χ4v) is 4.07. The molecule has 0 bridgehead atoms. The highest BCUT2D eigenvalue weighted by molar-refractivity contribution is 5.81. The molecule has 25 heavy (non-hydrogen) atoms. The molecule has 2 saturated heterocycles. The van der Waals surface area contributed by atoms with Gasteiger partial charge in [-0.3, -0.25) is 4.90 Å². The van der Waals surface area contributed by atoms with Gasteiger partial charge in [0.2, 0.25) is 11.7 Å². The zero-order valence-corrected chi connectivity index (χ0v) is 14.1. The number of benzene rings is 1. The number of para-hydroxylation sites is 1. The first-order chi connectivity index (χ1) is 12.4. The lowest BCUT2D eigenvalue weighted by atomic mass is 10.1. The van der Waals surface area contributed by atoms with Gasteiger partial charge in [0.15, 0.2) is 5.76 Å². The van der Waals surface area contributed by atoms with Gasteiger partial charge in [0.1, 0.15) is 5.58 Å². The maximum atomic E-state index is 5.86. The number of hydrogen-bond acceptors (Lipinski definition) is 6. The van der Waals surface area contributed by atoms with Crippen LogP contribution in [-0.2, 0) is 4.74 Å². The molecule has 4 heterocycles. The fraction of sp³-hybridized carbons (Fsp3) is 0.474. The smallest absolute Gasteiger partial charge is 0.244 e. The molecule has 0 spiro atoms. The van der Waals surface area contributed by atoms with E-state index in [1.54, 1.807) is 0 Å². The Kier molecular flexibility index (Phi) is 3.79. The van der Waals surface area contributed by atoms with Gasteiger partial charge in [-0.05, 0) is 44.4 Å². The number of likely N-dealkylation sites (tertiary alicyclic amines) is 1. The SMILES string of the molecule is c1ccc2oc(-c3noc([C@@H]4CCCN4C4CCOCC4)n3)cc2c1. The minimum atomic E-state index is 0.216. The van der Waals surface area contributed by atoms with Crippen LogP contribution < -0.4 is 0 Å². The molecule has 0 radical (unpaired) electrons. The van der Waals surface area contributed by atoms with Gasteiger partial charge in [-0.25, -0.2) is 0 Å². The van der Waals surface area contributed by atoms with Crippen molar-refractivity contribution in [1.82, 2.24) is 15.0 Å². The number of furan rings is 1. The van der Waals surface area contributed by atoms with E-state index in [0.717, 1.165) is 50.0 Å². The zero-order chi connectivity index (χ0) is 16.6. The normalized spacial score (nSPS) is 22.8. The second-order valence-electron chi connectivity index (χ2n) is 6.84.